The highest BCUT2D eigenvalue weighted by Gasteiger charge is 2.30. The van der Waals surface area contributed by atoms with Gasteiger partial charge >= 0.3 is 12.1 Å². The number of hydrogen-bond acceptors (Lipinski definition) is 7. The quantitative estimate of drug-likeness (QED) is 0.165. The fraction of sp³-hybridized carbons (Fsp3) is 0.200. The molecule has 3 aromatic rings. The predicted octanol–water partition coefficient (Wildman–Crippen LogP) is 5.84. The van der Waals surface area contributed by atoms with E-state index in [9.17, 15) is 32.8 Å². The first-order valence-corrected chi connectivity index (χ1v) is 12.6. The molecule has 0 radical (unpaired) electrons. The van der Waals surface area contributed by atoms with Crippen molar-refractivity contribution in [2.45, 2.75) is 20.0 Å². The number of rotatable bonds is 11. The van der Waals surface area contributed by atoms with Crippen molar-refractivity contribution >= 4 is 35.2 Å². The van der Waals surface area contributed by atoms with Crippen LogP contribution in [0.25, 0.3) is 6.08 Å². The van der Waals surface area contributed by atoms with Crippen LogP contribution in [0.3, 0.4) is 0 Å². The summed E-state index contributed by atoms with van der Waals surface area (Å²) in [4.78, 5) is 36.8. The van der Waals surface area contributed by atoms with Crippen LogP contribution in [0.1, 0.15) is 35.3 Å². The van der Waals surface area contributed by atoms with Crippen LogP contribution in [0.5, 0.6) is 11.5 Å². The molecule has 42 heavy (non-hydrogen) atoms. The normalized spacial score (nSPS) is 11.2. The van der Waals surface area contributed by atoms with Crippen molar-refractivity contribution in [2.24, 2.45) is 0 Å². The van der Waals surface area contributed by atoms with Gasteiger partial charge in [-0.05, 0) is 80.1 Å². The molecule has 0 saturated heterocycles. The highest BCUT2D eigenvalue weighted by atomic mass is 19.4. The fourth-order valence-corrected chi connectivity index (χ4v) is 3.53. The summed E-state index contributed by atoms with van der Waals surface area (Å²) in [5, 5.41) is 14.4. The average molecular weight is 582 g/mol. The summed E-state index contributed by atoms with van der Waals surface area (Å²) in [6.45, 7) is 3.53. The Morgan fingerprint density at radius 3 is 2.26 bits per heavy atom. The van der Waals surface area contributed by atoms with Crippen LogP contribution in [-0.2, 0) is 20.5 Å². The number of nitrogens with zero attached hydrogens (tertiary/aromatic N) is 1. The molecule has 3 rings (SSSR count). The molecular formula is C30H26F3N3O6. The SMILES string of the molecule is CCOC(=O)c1ccc(NC(=O)COc2ccc(/C=C(\C#N)C(=O)Nc3cccc(C(F)(F)F)c3)cc2OCC)cc1. The largest absolute Gasteiger partial charge is 0.490 e. The van der Waals surface area contributed by atoms with E-state index in [1.165, 1.54) is 42.5 Å². The van der Waals surface area contributed by atoms with Crippen LogP contribution in [0, 0.1) is 11.3 Å². The summed E-state index contributed by atoms with van der Waals surface area (Å²) in [6, 6.07) is 16.4. The van der Waals surface area contributed by atoms with Crippen LogP contribution in [0.4, 0.5) is 24.5 Å². The Hall–Kier alpha value is -5.31. The summed E-state index contributed by atoms with van der Waals surface area (Å²) >= 11 is 0. The van der Waals surface area contributed by atoms with Gasteiger partial charge in [-0.15, -0.1) is 0 Å². The molecule has 12 heteroatoms. The molecule has 0 aromatic heterocycles. The van der Waals surface area contributed by atoms with Crippen LogP contribution >= 0.6 is 0 Å². The number of carbonyl (C=O) groups excluding carboxylic acids is 3. The summed E-state index contributed by atoms with van der Waals surface area (Å²) in [7, 11) is 0. The lowest BCUT2D eigenvalue weighted by atomic mass is 10.1. The smallest absolute Gasteiger partial charge is 0.416 e. The van der Waals surface area contributed by atoms with Crippen LogP contribution in [0.2, 0.25) is 0 Å². The zero-order chi connectivity index (χ0) is 30.7. The van der Waals surface area contributed by atoms with Gasteiger partial charge < -0.3 is 24.8 Å². The molecule has 0 atom stereocenters. The number of alkyl halides is 3. The van der Waals surface area contributed by atoms with E-state index in [-0.39, 0.29) is 42.6 Å². The highest BCUT2D eigenvalue weighted by Crippen LogP contribution is 2.31. The molecule has 0 bridgehead atoms. The van der Waals surface area contributed by atoms with Crippen molar-refractivity contribution in [1.29, 1.82) is 5.26 Å². The third kappa shape index (κ3) is 8.85. The van der Waals surface area contributed by atoms with E-state index >= 15 is 0 Å². The number of nitriles is 1. The summed E-state index contributed by atoms with van der Waals surface area (Å²) in [5.74, 6) is -1.41. The number of halogens is 3. The number of hydrogen-bond donors (Lipinski definition) is 2. The van der Waals surface area contributed by atoms with E-state index in [0.29, 0.717) is 16.8 Å². The Kier molecular flexibility index (Phi) is 10.7. The van der Waals surface area contributed by atoms with Gasteiger partial charge in [-0.3, -0.25) is 9.59 Å². The number of carbonyl (C=O) groups is 3. The number of anilines is 2. The molecule has 0 aliphatic rings. The van der Waals surface area contributed by atoms with Gasteiger partial charge in [0.05, 0.1) is 24.3 Å². The summed E-state index contributed by atoms with van der Waals surface area (Å²) in [6.07, 6.45) is -3.35. The monoisotopic (exact) mass is 581 g/mol. The van der Waals surface area contributed by atoms with E-state index in [4.69, 9.17) is 14.2 Å². The standard InChI is InChI=1S/C30H26F3N3O6/c1-3-40-26-15-19(14-21(17-34)28(38)36-24-7-5-6-22(16-24)30(31,32)33)8-13-25(26)42-18-27(37)35-23-11-9-20(10-12-23)29(39)41-4-2/h5-16H,3-4,18H2,1-2H3,(H,35,37)(H,36,38)/b21-14+. The predicted molar refractivity (Wildman–Crippen MR) is 148 cm³/mol. The number of amides is 2. The molecule has 0 saturated carbocycles. The van der Waals surface area contributed by atoms with Gasteiger partial charge in [0.1, 0.15) is 11.6 Å². The lowest BCUT2D eigenvalue weighted by molar-refractivity contribution is -0.137. The highest BCUT2D eigenvalue weighted by molar-refractivity contribution is 6.09. The number of ether oxygens (including phenoxy) is 3. The minimum absolute atomic E-state index is 0.122. The van der Waals surface area contributed by atoms with E-state index in [1.807, 2.05) is 0 Å². The Labute approximate surface area is 239 Å². The lowest BCUT2D eigenvalue weighted by Crippen LogP contribution is -2.20. The second kappa shape index (κ2) is 14.4. The third-order valence-electron chi connectivity index (χ3n) is 5.43. The molecule has 9 nitrogen and oxygen atoms in total. The maximum absolute atomic E-state index is 13.0. The zero-order valence-corrected chi connectivity index (χ0v) is 22.6. The summed E-state index contributed by atoms with van der Waals surface area (Å²) in [5.41, 5.74) is -0.281. The van der Waals surface area contributed by atoms with Gasteiger partial charge in [0.25, 0.3) is 11.8 Å². The maximum atomic E-state index is 13.0. The van der Waals surface area contributed by atoms with Crippen LogP contribution in [-0.4, -0.2) is 37.6 Å². The minimum atomic E-state index is -4.59. The number of benzene rings is 3. The molecule has 2 amide bonds. The topological polar surface area (TPSA) is 127 Å². The minimum Gasteiger partial charge on any atom is -0.490 e. The van der Waals surface area contributed by atoms with Crippen molar-refractivity contribution < 1.29 is 41.8 Å². The molecule has 3 aromatic carbocycles. The lowest BCUT2D eigenvalue weighted by Gasteiger charge is -2.13. The first-order chi connectivity index (χ1) is 20.0. The van der Waals surface area contributed by atoms with Crippen LogP contribution in [0.15, 0.2) is 72.3 Å². The van der Waals surface area contributed by atoms with Gasteiger partial charge in [0, 0.05) is 11.4 Å². The van der Waals surface area contributed by atoms with Crippen molar-refractivity contribution in [1.82, 2.24) is 0 Å². The van der Waals surface area contributed by atoms with E-state index in [1.54, 1.807) is 32.0 Å². The molecule has 0 unspecified atom stereocenters. The van der Waals surface area contributed by atoms with Crippen LogP contribution < -0.4 is 20.1 Å². The molecule has 218 valence electrons. The molecule has 0 fully saturated rings. The second-order valence-electron chi connectivity index (χ2n) is 8.48. The zero-order valence-electron chi connectivity index (χ0n) is 22.6. The molecule has 0 spiro atoms. The van der Waals surface area contributed by atoms with Gasteiger partial charge in [-0.2, -0.15) is 18.4 Å². The Morgan fingerprint density at radius 1 is 0.881 bits per heavy atom. The maximum Gasteiger partial charge on any atom is 0.416 e. The Morgan fingerprint density at radius 2 is 1.62 bits per heavy atom. The Balaban J connectivity index is 1.68. The van der Waals surface area contributed by atoms with Gasteiger partial charge in [0.2, 0.25) is 0 Å². The van der Waals surface area contributed by atoms with Crippen molar-refractivity contribution in [3.63, 3.8) is 0 Å². The van der Waals surface area contributed by atoms with Gasteiger partial charge in [-0.25, -0.2) is 4.79 Å². The van der Waals surface area contributed by atoms with Gasteiger partial charge in [-0.1, -0.05) is 12.1 Å². The molecular weight excluding hydrogens is 555 g/mol. The molecule has 0 aliphatic heterocycles. The number of esters is 1. The van der Waals surface area contributed by atoms with Crippen molar-refractivity contribution in [3.05, 3.63) is 89.0 Å². The molecule has 0 heterocycles. The van der Waals surface area contributed by atoms with Crippen molar-refractivity contribution in [2.75, 3.05) is 30.5 Å². The molecule has 0 aliphatic carbocycles. The Bertz CT molecular complexity index is 1510. The second-order valence-corrected chi connectivity index (χ2v) is 8.48. The van der Waals surface area contributed by atoms with E-state index < -0.39 is 29.5 Å². The third-order valence-corrected chi connectivity index (χ3v) is 5.43. The van der Waals surface area contributed by atoms with Crippen molar-refractivity contribution in [3.8, 4) is 17.6 Å². The molecule has 2 N–H and O–H groups in total. The number of nitrogens with one attached hydrogen (secondary N) is 2. The fourth-order valence-electron chi connectivity index (χ4n) is 3.53. The first kappa shape index (κ1) is 31.2. The average Bonchev–Trinajstić information content (AvgIpc) is 2.95. The van der Waals surface area contributed by atoms with E-state index in [0.717, 1.165) is 18.2 Å². The summed E-state index contributed by atoms with van der Waals surface area (Å²) < 4.78 is 55.0. The van der Waals surface area contributed by atoms with E-state index in [2.05, 4.69) is 10.6 Å². The van der Waals surface area contributed by atoms with Gasteiger partial charge in [0.15, 0.2) is 18.1 Å². The first-order valence-electron chi connectivity index (χ1n) is 12.6.